The van der Waals surface area contributed by atoms with Crippen molar-refractivity contribution < 1.29 is 38.1 Å². The molecule has 1 aliphatic rings. The maximum Gasteiger partial charge on any atom is 0.333 e. The van der Waals surface area contributed by atoms with Crippen LogP contribution in [0.25, 0.3) is 0 Å². The van der Waals surface area contributed by atoms with Crippen LogP contribution in [0.5, 0.6) is 0 Å². The van der Waals surface area contributed by atoms with Crippen molar-refractivity contribution >= 4 is 23.9 Å². The highest BCUT2D eigenvalue weighted by molar-refractivity contribution is 5.87. The summed E-state index contributed by atoms with van der Waals surface area (Å²) in [6.07, 6.45) is 0.922. The van der Waals surface area contributed by atoms with Crippen molar-refractivity contribution in [1.82, 2.24) is 0 Å². The molecule has 0 saturated heterocycles. The Bertz CT molecular complexity index is 615. The van der Waals surface area contributed by atoms with Gasteiger partial charge in [0.25, 0.3) is 0 Å². The summed E-state index contributed by atoms with van der Waals surface area (Å²) >= 11 is 0. The molecule has 0 spiro atoms. The van der Waals surface area contributed by atoms with Gasteiger partial charge in [0.1, 0.15) is 25.4 Å². The second-order valence-corrected chi connectivity index (χ2v) is 7.80. The van der Waals surface area contributed by atoms with E-state index in [2.05, 4.69) is 13.2 Å². The third-order valence-corrected chi connectivity index (χ3v) is 4.63. The van der Waals surface area contributed by atoms with E-state index in [0.29, 0.717) is 25.7 Å². The number of hydrogen-bond donors (Lipinski definition) is 0. The summed E-state index contributed by atoms with van der Waals surface area (Å²) < 4.78 is 20.6. The first-order valence-electron chi connectivity index (χ1n) is 10.1. The Morgan fingerprint density at radius 2 is 1.03 bits per heavy atom. The lowest BCUT2D eigenvalue weighted by Gasteiger charge is -2.26. The first kappa shape index (κ1) is 25.4. The van der Waals surface area contributed by atoms with Gasteiger partial charge in [-0.1, -0.05) is 13.2 Å². The molecule has 1 aliphatic carbocycles. The van der Waals surface area contributed by atoms with E-state index in [0.717, 1.165) is 0 Å². The van der Waals surface area contributed by atoms with Gasteiger partial charge in [0.2, 0.25) is 0 Å². The molecule has 0 aromatic carbocycles. The van der Waals surface area contributed by atoms with E-state index in [1.807, 2.05) is 0 Å². The first-order chi connectivity index (χ1) is 14.0. The van der Waals surface area contributed by atoms with Crippen molar-refractivity contribution in [2.75, 3.05) is 13.2 Å². The predicted molar refractivity (Wildman–Crippen MR) is 108 cm³/mol. The average molecular weight is 424 g/mol. The highest BCUT2D eigenvalue weighted by Gasteiger charge is 2.32. The Morgan fingerprint density at radius 3 is 1.30 bits per heavy atom. The maximum atomic E-state index is 12.2. The van der Waals surface area contributed by atoms with E-state index in [9.17, 15) is 19.2 Å². The van der Waals surface area contributed by atoms with Crippen LogP contribution in [-0.4, -0.2) is 49.3 Å². The minimum atomic E-state index is -0.564. The zero-order chi connectivity index (χ0) is 22.8. The van der Waals surface area contributed by atoms with Gasteiger partial charge in [0, 0.05) is 11.1 Å². The smallest absolute Gasteiger partial charge is 0.333 e. The van der Waals surface area contributed by atoms with Gasteiger partial charge in [-0.3, -0.25) is 9.59 Å². The lowest BCUT2D eigenvalue weighted by Crippen LogP contribution is -2.31. The van der Waals surface area contributed by atoms with Crippen LogP contribution in [-0.2, 0) is 38.1 Å². The van der Waals surface area contributed by atoms with Crippen LogP contribution in [0.4, 0.5) is 0 Å². The van der Waals surface area contributed by atoms with Gasteiger partial charge in [-0.25, -0.2) is 9.59 Å². The summed E-state index contributed by atoms with van der Waals surface area (Å²) in [6, 6.07) is 0. The summed E-state index contributed by atoms with van der Waals surface area (Å²) in [6.45, 7) is 13.3. The van der Waals surface area contributed by atoms with Crippen molar-refractivity contribution in [3.05, 3.63) is 24.3 Å². The van der Waals surface area contributed by atoms with Crippen molar-refractivity contribution in [2.24, 2.45) is 11.8 Å². The molecule has 0 amide bonds. The molecule has 8 heteroatoms. The molecule has 2 unspecified atom stereocenters. The second kappa shape index (κ2) is 12.1. The minimum Gasteiger partial charge on any atom is -0.462 e. The average Bonchev–Trinajstić information content (AvgIpc) is 2.70. The van der Waals surface area contributed by atoms with Gasteiger partial charge in [0.05, 0.1) is 11.8 Å². The molecule has 0 aromatic heterocycles. The van der Waals surface area contributed by atoms with Crippen molar-refractivity contribution in [3.63, 3.8) is 0 Å². The molecule has 30 heavy (non-hydrogen) atoms. The fourth-order valence-corrected chi connectivity index (χ4v) is 2.83. The molecule has 168 valence electrons. The largest absolute Gasteiger partial charge is 0.462 e. The molecule has 8 nitrogen and oxygen atoms in total. The maximum absolute atomic E-state index is 12.2. The van der Waals surface area contributed by atoms with Gasteiger partial charge < -0.3 is 18.9 Å². The summed E-state index contributed by atoms with van der Waals surface area (Å²) in [5.74, 6) is -2.37. The minimum absolute atomic E-state index is 0.0272. The van der Waals surface area contributed by atoms with E-state index in [1.165, 1.54) is 0 Å². The van der Waals surface area contributed by atoms with Crippen molar-refractivity contribution in [2.45, 2.75) is 65.6 Å². The monoisotopic (exact) mass is 424 g/mol. The van der Waals surface area contributed by atoms with Gasteiger partial charge in [0.15, 0.2) is 0 Å². The summed E-state index contributed by atoms with van der Waals surface area (Å²) in [5.41, 5.74) is 0.559. The van der Waals surface area contributed by atoms with E-state index in [1.54, 1.807) is 27.7 Å². The summed E-state index contributed by atoms with van der Waals surface area (Å²) in [4.78, 5) is 47.3. The molecule has 0 bridgehead atoms. The first-order valence-corrected chi connectivity index (χ1v) is 10.1. The fourth-order valence-electron chi connectivity index (χ4n) is 2.83. The highest BCUT2D eigenvalue weighted by atomic mass is 16.6. The fraction of sp³-hybridized carbons (Fsp3) is 0.636. The van der Waals surface area contributed by atoms with Gasteiger partial charge >= 0.3 is 23.9 Å². The van der Waals surface area contributed by atoms with Gasteiger partial charge in [-0.15, -0.1) is 0 Å². The number of carbonyl (C=O) groups excluding carboxylic acids is 4. The zero-order valence-corrected chi connectivity index (χ0v) is 18.2. The Hall–Kier alpha value is -2.64. The second-order valence-electron chi connectivity index (χ2n) is 7.80. The number of carbonyl (C=O) groups is 4. The van der Waals surface area contributed by atoms with E-state index < -0.39 is 24.1 Å². The van der Waals surface area contributed by atoms with Crippen LogP contribution in [0.3, 0.4) is 0 Å². The van der Waals surface area contributed by atoms with E-state index in [-0.39, 0.29) is 48.1 Å². The SMILES string of the molecule is C=C(C)C(=O)OC(C)COC(=O)C1CCC(C(=O)OCC(C)OC(=O)C(=C)C)CC1. The molecule has 0 radical (unpaired) electrons. The molecule has 1 saturated carbocycles. The molecule has 1 fully saturated rings. The van der Waals surface area contributed by atoms with Crippen LogP contribution < -0.4 is 0 Å². The summed E-state index contributed by atoms with van der Waals surface area (Å²) in [7, 11) is 0. The zero-order valence-electron chi connectivity index (χ0n) is 18.2. The van der Waals surface area contributed by atoms with Crippen LogP contribution in [0, 0.1) is 11.8 Å². The highest BCUT2D eigenvalue weighted by Crippen LogP contribution is 2.30. The van der Waals surface area contributed by atoms with Crippen LogP contribution in [0.1, 0.15) is 53.4 Å². The van der Waals surface area contributed by atoms with Crippen molar-refractivity contribution in [3.8, 4) is 0 Å². The quantitative estimate of drug-likeness (QED) is 0.299. The van der Waals surface area contributed by atoms with E-state index >= 15 is 0 Å². The molecule has 0 heterocycles. The Labute approximate surface area is 177 Å². The third-order valence-electron chi connectivity index (χ3n) is 4.63. The molecular weight excluding hydrogens is 392 g/mol. The third kappa shape index (κ3) is 8.80. The lowest BCUT2D eigenvalue weighted by molar-refractivity contribution is -0.162. The number of esters is 4. The van der Waals surface area contributed by atoms with Crippen molar-refractivity contribution in [1.29, 1.82) is 0 Å². The standard InChI is InChI=1S/C22H32O8/c1-13(2)19(23)29-15(5)11-27-21(25)17-7-9-18(10-8-17)22(26)28-12-16(6)30-20(24)14(3)4/h15-18H,1,3,7-12H2,2,4-6H3. The van der Waals surface area contributed by atoms with Crippen LogP contribution >= 0.6 is 0 Å². The number of hydrogen-bond acceptors (Lipinski definition) is 8. The number of rotatable bonds is 10. The normalized spacial score (nSPS) is 20.3. The number of ether oxygens (including phenoxy) is 4. The Kier molecular flexibility index (Phi) is 10.3. The molecule has 0 aromatic rings. The van der Waals surface area contributed by atoms with Gasteiger partial charge in [-0.2, -0.15) is 0 Å². The van der Waals surface area contributed by atoms with Crippen LogP contribution in [0.2, 0.25) is 0 Å². The summed E-state index contributed by atoms with van der Waals surface area (Å²) in [5, 5.41) is 0. The Morgan fingerprint density at radius 1 is 0.733 bits per heavy atom. The lowest BCUT2D eigenvalue weighted by atomic mass is 9.82. The molecule has 1 rings (SSSR count). The molecule has 0 aliphatic heterocycles. The predicted octanol–water partition coefficient (Wildman–Crippen LogP) is 2.89. The topological polar surface area (TPSA) is 105 Å². The molecule has 2 atom stereocenters. The van der Waals surface area contributed by atoms with E-state index in [4.69, 9.17) is 18.9 Å². The molecular formula is C22H32O8. The van der Waals surface area contributed by atoms with Gasteiger partial charge in [-0.05, 0) is 53.4 Å². The van der Waals surface area contributed by atoms with Crippen LogP contribution in [0.15, 0.2) is 24.3 Å². The Balaban J connectivity index is 2.31. The molecule has 0 N–H and O–H groups in total.